The zero-order valence-electron chi connectivity index (χ0n) is 12.3. The molecule has 0 aromatic heterocycles. The fraction of sp³-hybridized carbons (Fsp3) is 0.235. The number of hydrogen-bond donors (Lipinski definition) is 1. The zero-order chi connectivity index (χ0) is 15.3. The molecule has 0 saturated carbocycles. The van der Waals surface area contributed by atoms with Crippen LogP contribution in [0.2, 0.25) is 0 Å². The number of sulfonamides is 1. The molecule has 0 bridgehead atoms. The Morgan fingerprint density at radius 2 is 1.62 bits per heavy atom. The second-order valence-electron chi connectivity index (χ2n) is 5.26. The number of aryl methyl sites for hydroxylation is 1. The number of rotatable bonds is 6. The summed E-state index contributed by atoms with van der Waals surface area (Å²) in [6.45, 7) is 4.25. The molecule has 0 aliphatic carbocycles. The van der Waals surface area contributed by atoms with Gasteiger partial charge in [0, 0.05) is 0 Å². The van der Waals surface area contributed by atoms with Crippen LogP contribution < -0.4 is 4.72 Å². The Balaban J connectivity index is 1.94. The van der Waals surface area contributed by atoms with Crippen molar-refractivity contribution in [1.82, 2.24) is 4.72 Å². The molecule has 2 aromatic rings. The summed E-state index contributed by atoms with van der Waals surface area (Å²) in [5.41, 5.74) is 2.23. The van der Waals surface area contributed by atoms with E-state index in [1.807, 2.05) is 44.2 Å². The van der Waals surface area contributed by atoms with Gasteiger partial charge < -0.3 is 0 Å². The summed E-state index contributed by atoms with van der Waals surface area (Å²) in [7, 11) is -3.44. The third-order valence-corrected chi connectivity index (χ3v) is 4.66. The molecule has 0 amide bonds. The van der Waals surface area contributed by atoms with E-state index in [0.29, 0.717) is 11.4 Å². The van der Waals surface area contributed by atoms with Gasteiger partial charge in [0.25, 0.3) is 0 Å². The Hall–Kier alpha value is -1.78. The minimum absolute atomic E-state index is 0.306. The number of benzene rings is 2. The van der Waals surface area contributed by atoms with Gasteiger partial charge in [-0.05, 0) is 24.6 Å². The summed E-state index contributed by atoms with van der Waals surface area (Å²) < 4.78 is 27.0. The third kappa shape index (κ3) is 4.62. The Bertz CT molecular complexity index is 664. The van der Waals surface area contributed by atoms with Crippen molar-refractivity contribution >= 4 is 10.0 Å². The lowest BCUT2D eigenvalue weighted by atomic mass is 10.0. The zero-order valence-corrected chi connectivity index (χ0v) is 13.2. The van der Waals surface area contributed by atoms with E-state index < -0.39 is 10.0 Å². The molecule has 0 saturated heterocycles. The summed E-state index contributed by atoms with van der Waals surface area (Å²) >= 11 is 0. The molecule has 3 nitrogen and oxygen atoms in total. The maximum Gasteiger partial charge on any atom is 0.243 e. The van der Waals surface area contributed by atoms with E-state index in [0.717, 1.165) is 17.9 Å². The Morgan fingerprint density at radius 1 is 1.00 bits per heavy atom. The molecule has 0 unspecified atom stereocenters. The topological polar surface area (TPSA) is 46.2 Å². The van der Waals surface area contributed by atoms with Crippen LogP contribution in [0.3, 0.4) is 0 Å². The Labute approximate surface area is 127 Å². The maximum absolute atomic E-state index is 12.2. The van der Waals surface area contributed by atoms with Crippen LogP contribution in [0.15, 0.2) is 59.5 Å². The number of hydrogen-bond acceptors (Lipinski definition) is 2. The van der Waals surface area contributed by atoms with Crippen molar-refractivity contribution in [2.45, 2.75) is 25.2 Å². The van der Waals surface area contributed by atoms with Crippen molar-refractivity contribution in [3.8, 4) is 0 Å². The molecule has 0 spiro atoms. The summed E-state index contributed by atoms with van der Waals surface area (Å²) in [5, 5.41) is 0. The molecule has 2 aromatic carbocycles. The van der Waals surface area contributed by atoms with Crippen molar-refractivity contribution < 1.29 is 8.42 Å². The van der Waals surface area contributed by atoms with Gasteiger partial charge >= 0.3 is 0 Å². The quantitative estimate of drug-likeness (QED) is 0.833. The standard InChI is InChI=1S/C17H20NO2S/c1-14-8-10-17(11-9-14)21(19,20)18-13-15(2)12-16-6-4-3-5-7-16/h3-11,18H,12-13H2,1-2H3/q+1. The predicted octanol–water partition coefficient (Wildman–Crippen LogP) is 3.11. The van der Waals surface area contributed by atoms with Gasteiger partial charge in [-0.2, -0.15) is 4.72 Å². The van der Waals surface area contributed by atoms with Crippen molar-refractivity contribution in [3.05, 3.63) is 71.6 Å². The average molecular weight is 302 g/mol. The minimum Gasteiger partial charge on any atom is -0.207 e. The van der Waals surface area contributed by atoms with Gasteiger partial charge in [0.05, 0.1) is 11.8 Å². The highest BCUT2D eigenvalue weighted by molar-refractivity contribution is 7.89. The van der Waals surface area contributed by atoms with E-state index in [-0.39, 0.29) is 0 Å². The monoisotopic (exact) mass is 302 g/mol. The highest BCUT2D eigenvalue weighted by Crippen LogP contribution is 2.12. The largest absolute Gasteiger partial charge is 0.243 e. The Morgan fingerprint density at radius 3 is 2.24 bits per heavy atom. The fourth-order valence-electron chi connectivity index (χ4n) is 2.03. The highest BCUT2D eigenvalue weighted by Gasteiger charge is 2.20. The SMILES string of the molecule is Cc1ccc(S(=O)(=O)NC[C+](C)Cc2ccccc2)cc1. The van der Waals surface area contributed by atoms with E-state index >= 15 is 0 Å². The first-order chi connectivity index (χ1) is 9.97. The second-order valence-corrected chi connectivity index (χ2v) is 7.02. The summed E-state index contributed by atoms with van der Waals surface area (Å²) in [4.78, 5) is 0.306. The van der Waals surface area contributed by atoms with E-state index in [1.54, 1.807) is 24.3 Å². The summed E-state index contributed by atoms with van der Waals surface area (Å²) in [5.74, 6) is 1.08. The minimum atomic E-state index is -3.44. The lowest BCUT2D eigenvalue weighted by Crippen LogP contribution is -2.28. The third-order valence-electron chi connectivity index (χ3n) is 3.24. The first-order valence-corrected chi connectivity index (χ1v) is 8.37. The molecule has 4 heteroatoms. The van der Waals surface area contributed by atoms with Gasteiger partial charge in [-0.1, -0.05) is 48.0 Å². The van der Waals surface area contributed by atoms with Crippen LogP contribution in [0.1, 0.15) is 18.1 Å². The van der Waals surface area contributed by atoms with Gasteiger partial charge in [0.2, 0.25) is 10.0 Å². The van der Waals surface area contributed by atoms with Gasteiger partial charge in [0.15, 0.2) is 6.54 Å². The van der Waals surface area contributed by atoms with Crippen molar-refractivity contribution in [1.29, 1.82) is 0 Å². The van der Waals surface area contributed by atoms with E-state index in [4.69, 9.17) is 0 Å². The van der Waals surface area contributed by atoms with Crippen molar-refractivity contribution in [3.63, 3.8) is 0 Å². The molecule has 2 rings (SSSR count). The van der Waals surface area contributed by atoms with Crippen LogP contribution in [0.25, 0.3) is 0 Å². The van der Waals surface area contributed by atoms with E-state index in [2.05, 4.69) is 4.72 Å². The summed E-state index contributed by atoms with van der Waals surface area (Å²) in [6.07, 6.45) is 0.775. The van der Waals surface area contributed by atoms with Gasteiger partial charge in [-0.3, -0.25) is 0 Å². The van der Waals surface area contributed by atoms with Crippen molar-refractivity contribution in [2.24, 2.45) is 0 Å². The molecule has 0 atom stereocenters. The first-order valence-electron chi connectivity index (χ1n) is 6.89. The van der Waals surface area contributed by atoms with Crippen LogP contribution in [0.5, 0.6) is 0 Å². The van der Waals surface area contributed by atoms with Crippen LogP contribution >= 0.6 is 0 Å². The average Bonchev–Trinajstić information content (AvgIpc) is 2.47. The highest BCUT2D eigenvalue weighted by atomic mass is 32.2. The smallest absolute Gasteiger partial charge is 0.207 e. The maximum atomic E-state index is 12.2. The van der Waals surface area contributed by atoms with Crippen LogP contribution in [0, 0.1) is 12.8 Å². The van der Waals surface area contributed by atoms with Crippen LogP contribution in [0.4, 0.5) is 0 Å². The molecule has 0 heterocycles. The predicted molar refractivity (Wildman–Crippen MR) is 85.4 cm³/mol. The molecular weight excluding hydrogens is 282 g/mol. The molecule has 0 radical (unpaired) electrons. The van der Waals surface area contributed by atoms with E-state index in [9.17, 15) is 8.42 Å². The Kier molecular flexibility index (Phi) is 5.04. The van der Waals surface area contributed by atoms with Crippen LogP contribution in [-0.4, -0.2) is 15.0 Å². The lowest BCUT2D eigenvalue weighted by Gasteiger charge is -2.07. The summed E-state index contributed by atoms with van der Waals surface area (Å²) in [6, 6.07) is 16.9. The molecule has 110 valence electrons. The van der Waals surface area contributed by atoms with Gasteiger partial charge in [0.1, 0.15) is 12.3 Å². The van der Waals surface area contributed by atoms with Gasteiger partial charge in [-0.15, -0.1) is 0 Å². The molecule has 0 fully saturated rings. The molecule has 1 N–H and O–H groups in total. The lowest BCUT2D eigenvalue weighted by molar-refractivity contribution is 0.581. The fourth-order valence-corrected chi connectivity index (χ4v) is 3.12. The molecule has 0 aliphatic rings. The first kappa shape index (κ1) is 15.6. The van der Waals surface area contributed by atoms with Crippen LogP contribution in [-0.2, 0) is 16.4 Å². The molecule has 0 aliphatic heterocycles. The van der Waals surface area contributed by atoms with Gasteiger partial charge in [-0.25, -0.2) is 8.42 Å². The van der Waals surface area contributed by atoms with Crippen molar-refractivity contribution in [2.75, 3.05) is 6.54 Å². The normalized spacial score (nSPS) is 11.3. The number of nitrogens with one attached hydrogen (secondary N) is 1. The molecule has 21 heavy (non-hydrogen) atoms. The van der Waals surface area contributed by atoms with E-state index in [1.165, 1.54) is 5.56 Å². The molecular formula is C17H20NO2S+. The second kappa shape index (κ2) is 6.78.